The summed E-state index contributed by atoms with van der Waals surface area (Å²) in [6, 6.07) is 11.9. The summed E-state index contributed by atoms with van der Waals surface area (Å²) >= 11 is 0. The maximum Gasteiger partial charge on any atom is 0.341 e. The highest BCUT2D eigenvalue weighted by molar-refractivity contribution is 6.12. The van der Waals surface area contributed by atoms with Crippen molar-refractivity contribution in [3.05, 3.63) is 53.2 Å². The van der Waals surface area contributed by atoms with Crippen LogP contribution in [0.15, 0.2) is 36.4 Å². The number of fused-ring (bicyclic) bond motifs is 1. The average molecular weight is 494 g/mol. The van der Waals surface area contributed by atoms with Gasteiger partial charge in [0.25, 0.3) is 0 Å². The molecule has 1 saturated heterocycles. The zero-order valence-corrected chi connectivity index (χ0v) is 21.7. The quantitative estimate of drug-likeness (QED) is 0.412. The van der Waals surface area contributed by atoms with E-state index in [0.717, 1.165) is 23.4 Å². The van der Waals surface area contributed by atoms with Gasteiger partial charge in [0.2, 0.25) is 0 Å². The second-order valence-electron chi connectivity index (χ2n) is 9.09. The van der Waals surface area contributed by atoms with Gasteiger partial charge in [0, 0.05) is 18.7 Å². The summed E-state index contributed by atoms with van der Waals surface area (Å²) in [4.78, 5) is 28.8. The highest BCUT2D eigenvalue weighted by Gasteiger charge is 2.33. The Morgan fingerprint density at radius 2 is 1.58 bits per heavy atom. The molecular weight excluding hydrogens is 458 g/mol. The number of carbonyl (C=O) groups excluding carboxylic acids is 2. The third-order valence-corrected chi connectivity index (χ3v) is 6.25. The van der Waals surface area contributed by atoms with E-state index in [-0.39, 0.29) is 36.5 Å². The minimum Gasteiger partial charge on any atom is -0.462 e. The molecule has 1 aromatic carbocycles. The summed E-state index contributed by atoms with van der Waals surface area (Å²) in [5.74, 6) is -0.328. The van der Waals surface area contributed by atoms with Crippen LogP contribution in [0.4, 0.5) is 5.82 Å². The van der Waals surface area contributed by atoms with Crippen molar-refractivity contribution in [2.24, 2.45) is 0 Å². The zero-order valence-electron chi connectivity index (χ0n) is 21.7. The molecule has 0 radical (unpaired) electrons. The number of aryl methyl sites for hydroxylation is 1. The topological polar surface area (TPSA) is 82.4 Å². The monoisotopic (exact) mass is 493 g/mol. The molecule has 0 spiro atoms. The van der Waals surface area contributed by atoms with Crippen LogP contribution in [0.3, 0.4) is 0 Å². The molecule has 2 aromatic heterocycles. The molecule has 0 aliphatic carbocycles. The van der Waals surface area contributed by atoms with Crippen LogP contribution >= 0.6 is 0 Å². The molecule has 3 aromatic rings. The van der Waals surface area contributed by atoms with Gasteiger partial charge in [0.05, 0.1) is 42.2 Å². The number of morpholine rings is 1. The standard InChI is InChI=1S/C28H35N3O5/c1-6-12-22-24(27(32)34-7-2)25(28(33)35-8-3)26-21(20-13-10-9-11-14-20)15-23(29-31(22)26)30-16-18(4)36-19(5)17-30/h9-11,13-15,18-19H,6-8,12,16-17H2,1-5H3/t18-,19+. The molecule has 0 bridgehead atoms. The molecule has 2 atom stereocenters. The first-order valence-corrected chi connectivity index (χ1v) is 12.8. The summed E-state index contributed by atoms with van der Waals surface area (Å²) in [5.41, 5.74) is 3.39. The lowest BCUT2D eigenvalue weighted by Crippen LogP contribution is -2.46. The zero-order chi connectivity index (χ0) is 25.8. The number of nitrogens with zero attached hydrogens (tertiary/aromatic N) is 3. The summed E-state index contributed by atoms with van der Waals surface area (Å²) in [5, 5.41) is 5.01. The Bertz CT molecular complexity index is 1230. The van der Waals surface area contributed by atoms with Crippen molar-refractivity contribution in [3.63, 3.8) is 0 Å². The lowest BCUT2D eigenvalue weighted by atomic mass is 10.0. The fourth-order valence-electron chi connectivity index (χ4n) is 4.95. The van der Waals surface area contributed by atoms with Crippen molar-refractivity contribution < 1.29 is 23.8 Å². The van der Waals surface area contributed by atoms with Crippen molar-refractivity contribution in [2.75, 3.05) is 31.2 Å². The van der Waals surface area contributed by atoms with E-state index in [9.17, 15) is 9.59 Å². The predicted molar refractivity (Wildman–Crippen MR) is 139 cm³/mol. The van der Waals surface area contributed by atoms with E-state index in [0.29, 0.717) is 30.7 Å². The number of esters is 2. The number of hydrogen-bond donors (Lipinski definition) is 0. The molecule has 0 N–H and O–H groups in total. The van der Waals surface area contributed by atoms with Crippen molar-refractivity contribution >= 4 is 23.3 Å². The average Bonchev–Trinajstić information content (AvgIpc) is 3.18. The van der Waals surface area contributed by atoms with Gasteiger partial charge in [0.15, 0.2) is 0 Å². The Morgan fingerprint density at radius 3 is 2.17 bits per heavy atom. The Balaban J connectivity index is 2.09. The fraction of sp³-hybridized carbons (Fsp3) is 0.464. The second kappa shape index (κ2) is 11.1. The van der Waals surface area contributed by atoms with E-state index >= 15 is 0 Å². The lowest BCUT2D eigenvalue weighted by Gasteiger charge is -2.36. The second-order valence-corrected chi connectivity index (χ2v) is 9.09. The molecule has 0 amide bonds. The van der Waals surface area contributed by atoms with Crippen molar-refractivity contribution in [2.45, 2.75) is 59.7 Å². The van der Waals surface area contributed by atoms with E-state index in [1.54, 1.807) is 18.4 Å². The smallest absolute Gasteiger partial charge is 0.341 e. The molecule has 0 unspecified atom stereocenters. The van der Waals surface area contributed by atoms with Gasteiger partial charge in [-0.2, -0.15) is 0 Å². The SMILES string of the molecule is CCCc1c(C(=O)OCC)c(C(=O)OCC)c2c(-c3ccccc3)cc(N3C[C@@H](C)O[C@@H](C)C3)nn12. The van der Waals surface area contributed by atoms with E-state index < -0.39 is 11.9 Å². The van der Waals surface area contributed by atoms with Crippen molar-refractivity contribution in [1.82, 2.24) is 9.61 Å². The van der Waals surface area contributed by atoms with Crippen LogP contribution in [0.5, 0.6) is 0 Å². The molecule has 0 saturated carbocycles. The summed E-state index contributed by atoms with van der Waals surface area (Å²) in [7, 11) is 0. The maximum atomic E-state index is 13.4. The molecule has 192 valence electrons. The number of rotatable bonds is 8. The van der Waals surface area contributed by atoms with Crippen LogP contribution in [0.25, 0.3) is 16.6 Å². The summed E-state index contributed by atoms with van der Waals surface area (Å²) < 4.78 is 18.6. The van der Waals surface area contributed by atoms with Crippen LogP contribution in [0.1, 0.15) is 67.4 Å². The third-order valence-electron chi connectivity index (χ3n) is 6.25. The molecule has 8 nitrogen and oxygen atoms in total. The van der Waals surface area contributed by atoms with Crippen LogP contribution in [0.2, 0.25) is 0 Å². The molecule has 4 rings (SSSR count). The third kappa shape index (κ3) is 4.95. The summed E-state index contributed by atoms with van der Waals surface area (Å²) in [6.45, 7) is 11.4. The largest absolute Gasteiger partial charge is 0.462 e. The lowest BCUT2D eigenvalue weighted by molar-refractivity contribution is -0.00552. The van der Waals surface area contributed by atoms with Gasteiger partial charge in [-0.25, -0.2) is 14.1 Å². The van der Waals surface area contributed by atoms with Gasteiger partial charge in [-0.05, 0) is 45.7 Å². The Labute approximate surface area is 212 Å². The molecule has 36 heavy (non-hydrogen) atoms. The minimum absolute atomic E-state index is 0.0522. The molecule has 8 heteroatoms. The van der Waals surface area contributed by atoms with Gasteiger partial charge >= 0.3 is 11.9 Å². The minimum atomic E-state index is -0.555. The highest BCUT2D eigenvalue weighted by atomic mass is 16.5. The van der Waals surface area contributed by atoms with Crippen LogP contribution in [-0.4, -0.2) is 60.1 Å². The highest BCUT2D eigenvalue weighted by Crippen LogP contribution is 2.36. The van der Waals surface area contributed by atoms with Crippen LogP contribution < -0.4 is 4.90 Å². The van der Waals surface area contributed by atoms with Crippen LogP contribution in [0, 0.1) is 0 Å². The first-order chi connectivity index (χ1) is 17.4. The molecular formula is C28H35N3O5. The number of anilines is 1. The number of hydrogen-bond acceptors (Lipinski definition) is 7. The van der Waals surface area contributed by atoms with E-state index in [2.05, 4.69) is 18.7 Å². The molecule has 1 aliphatic rings. The number of benzene rings is 1. The van der Waals surface area contributed by atoms with E-state index in [1.165, 1.54) is 0 Å². The Hall–Kier alpha value is -3.39. The van der Waals surface area contributed by atoms with Gasteiger partial charge in [-0.3, -0.25) is 0 Å². The maximum absolute atomic E-state index is 13.4. The van der Waals surface area contributed by atoms with Gasteiger partial charge < -0.3 is 19.1 Å². The molecule has 1 fully saturated rings. The Morgan fingerprint density at radius 1 is 0.972 bits per heavy atom. The van der Waals surface area contributed by atoms with E-state index in [4.69, 9.17) is 19.3 Å². The number of carbonyl (C=O) groups is 2. The van der Waals surface area contributed by atoms with E-state index in [1.807, 2.05) is 43.3 Å². The fourth-order valence-corrected chi connectivity index (χ4v) is 4.95. The molecule has 1 aliphatic heterocycles. The molecule has 3 heterocycles. The van der Waals surface area contributed by atoms with Crippen LogP contribution in [-0.2, 0) is 20.6 Å². The number of aromatic nitrogens is 2. The first-order valence-electron chi connectivity index (χ1n) is 12.8. The predicted octanol–water partition coefficient (Wildman–Crippen LogP) is 4.92. The van der Waals surface area contributed by atoms with Gasteiger partial charge in [-0.1, -0.05) is 43.7 Å². The normalized spacial score (nSPS) is 17.9. The van der Waals surface area contributed by atoms with Crippen molar-refractivity contribution in [1.29, 1.82) is 0 Å². The first kappa shape index (κ1) is 25.7. The van der Waals surface area contributed by atoms with Gasteiger partial charge in [-0.15, -0.1) is 5.10 Å². The van der Waals surface area contributed by atoms with Crippen molar-refractivity contribution in [3.8, 4) is 11.1 Å². The number of ether oxygens (including phenoxy) is 3. The summed E-state index contributed by atoms with van der Waals surface area (Å²) in [6.07, 6.45) is 1.42. The van der Waals surface area contributed by atoms with Gasteiger partial charge in [0.1, 0.15) is 11.4 Å². The Kier molecular flexibility index (Phi) is 7.94.